The molecule has 13 nitrogen and oxygen atoms in total. The molecule has 3 heterocycles. The fourth-order valence-electron chi connectivity index (χ4n) is 10.1. The molecule has 4 aliphatic rings. The van der Waals surface area contributed by atoms with Gasteiger partial charge >= 0.3 is 5.97 Å². The van der Waals surface area contributed by atoms with Crippen LogP contribution < -0.4 is 0 Å². The van der Waals surface area contributed by atoms with E-state index in [0.29, 0.717) is 63.4 Å². The number of fused-ring (bicyclic) bond motifs is 3. The third-order valence-corrected chi connectivity index (χ3v) is 13.7. The molecule has 2 saturated heterocycles. The summed E-state index contributed by atoms with van der Waals surface area (Å²) in [6.07, 6.45) is 5.60. The number of piperidine rings is 1. The number of hydrogen-bond acceptors (Lipinski definition) is 12. The van der Waals surface area contributed by atoms with Gasteiger partial charge in [-0.25, -0.2) is 4.79 Å². The number of ketones is 2. The number of carbonyl (C=O) groups is 4. The van der Waals surface area contributed by atoms with Crippen molar-refractivity contribution in [3.8, 4) is 0 Å². The van der Waals surface area contributed by atoms with E-state index in [4.69, 9.17) is 23.7 Å². The summed E-state index contributed by atoms with van der Waals surface area (Å²) in [6, 6.07) is -1.16. The highest BCUT2D eigenvalue weighted by molar-refractivity contribution is 6.39. The molecule has 2 bridgehead atoms. The average molecular weight is 832 g/mol. The van der Waals surface area contributed by atoms with Crippen molar-refractivity contribution in [2.75, 3.05) is 27.9 Å². The number of cyclic esters (lactones) is 1. The summed E-state index contributed by atoms with van der Waals surface area (Å²) in [6.45, 7) is 15.2. The Balaban J connectivity index is 1.81. The number of hydrogen-bond donors (Lipinski definition) is 3. The first-order chi connectivity index (χ1) is 27.9. The molecule has 13 unspecified atom stereocenters. The molecule has 1 saturated carbocycles. The van der Waals surface area contributed by atoms with Crippen LogP contribution in [-0.4, -0.2) is 126 Å². The van der Waals surface area contributed by atoms with Gasteiger partial charge in [0.15, 0.2) is 0 Å². The minimum absolute atomic E-state index is 0.0261. The van der Waals surface area contributed by atoms with Crippen molar-refractivity contribution in [1.82, 2.24) is 4.90 Å². The maximum atomic E-state index is 14.5. The molecule has 0 aromatic carbocycles. The van der Waals surface area contributed by atoms with E-state index >= 15 is 0 Å². The van der Waals surface area contributed by atoms with Gasteiger partial charge in [-0.05, 0) is 101 Å². The number of esters is 1. The van der Waals surface area contributed by atoms with Crippen LogP contribution in [0, 0.1) is 29.1 Å². The van der Waals surface area contributed by atoms with Gasteiger partial charge in [0.25, 0.3) is 11.7 Å². The lowest BCUT2D eigenvalue weighted by atomic mass is 9.68. The summed E-state index contributed by atoms with van der Waals surface area (Å²) >= 11 is 0. The molecule has 0 aromatic rings. The van der Waals surface area contributed by atoms with Crippen LogP contribution in [0.3, 0.4) is 0 Å². The van der Waals surface area contributed by atoms with Gasteiger partial charge in [-0.15, -0.1) is 6.58 Å². The number of rotatable bonds is 8. The smallest absolute Gasteiger partial charge is 0.329 e. The number of amides is 1. The Morgan fingerprint density at radius 3 is 2.25 bits per heavy atom. The van der Waals surface area contributed by atoms with E-state index in [1.54, 1.807) is 21.0 Å². The van der Waals surface area contributed by atoms with Crippen molar-refractivity contribution in [2.45, 2.75) is 173 Å². The maximum Gasteiger partial charge on any atom is 0.329 e. The molecule has 59 heavy (non-hydrogen) atoms. The Kier molecular flexibility index (Phi) is 17.7. The SMILES string of the molecule is C=CCC1(C=C(C)C2OC(=O)C3CCCCN3C(=O)C(=O)C3(O)OC(C(OC)CC(C)C/C(C)=C/C(CC)C(=O)CC(O)C2C)C(OC)CC3C)CC[C@H](O)C(OC)C1. The number of Topliss-reactive ketones (excluding diaryl/α,β-unsaturated/α-hetero) is 2. The first-order valence-electron chi connectivity index (χ1n) is 21.8. The third kappa shape index (κ3) is 11.4. The summed E-state index contributed by atoms with van der Waals surface area (Å²) in [5, 5.41) is 34.5. The van der Waals surface area contributed by atoms with Crippen LogP contribution in [0.4, 0.5) is 0 Å². The number of methoxy groups -OCH3 is 3. The zero-order chi connectivity index (χ0) is 43.8. The van der Waals surface area contributed by atoms with Crippen LogP contribution >= 0.6 is 0 Å². The topological polar surface area (TPSA) is 178 Å². The monoisotopic (exact) mass is 832 g/mol. The summed E-state index contributed by atoms with van der Waals surface area (Å²) < 4.78 is 30.0. The van der Waals surface area contributed by atoms with E-state index < -0.39 is 95.4 Å². The van der Waals surface area contributed by atoms with Gasteiger partial charge in [-0.1, -0.05) is 51.5 Å². The van der Waals surface area contributed by atoms with Crippen LogP contribution in [0.1, 0.15) is 119 Å². The van der Waals surface area contributed by atoms with Crippen LogP contribution in [0.25, 0.3) is 0 Å². The lowest BCUT2D eigenvalue weighted by Crippen LogP contribution is -2.64. The normalized spacial score (nSPS) is 41.3. The Morgan fingerprint density at radius 2 is 1.63 bits per heavy atom. The second-order valence-electron chi connectivity index (χ2n) is 18.2. The van der Waals surface area contributed by atoms with Gasteiger partial charge < -0.3 is 43.9 Å². The second kappa shape index (κ2) is 21.3. The Labute approximate surface area is 351 Å². The molecule has 3 N–H and O–H groups in total. The van der Waals surface area contributed by atoms with Crippen molar-refractivity contribution < 1.29 is 58.2 Å². The molecule has 3 aliphatic heterocycles. The first-order valence-corrected chi connectivity index (χ1v) is 21.8. The van der Waals surface area contributed by atoms with Crippen LogP contribution in [0.15, 0.2) is 36.0 Å². The van der Waals surface area contributed by atoms with Gasteiger partial charge in [0.1, 0.15) is 24.0 Å². The van der Waals surface area contributed by atoms with Crippen LogP contribution in [-0.2, 0) is 42.9 Å². The molecule has 1 amide bonds. The van der Waals surface area contributed by atoms with Gasteiger partial charge in [0.05, 0.1) is 30.5 Å². The van der Waals surface area contributed by atoms with E-state index in [-0.39, 0.29) is 37.5 Å². The van der Waals surface area contributed by atoms with E-state index in [0.717, 1.165) is 5.57 Å². The average Bonchev–Trinajstić information content (AvgIpc) is 3.21. The zero-order valence-electron chi connectivity index (χ0n) is 37.0. The summed E-state index contributed by atoms with van der Waals surface area (Å²) in [5.74, 6) is -7.63. The minimum Gasteiger partial charge on any atom is -0.456 e. The fraction of sp³-hybridized carbons (Fsp3) is 0.783. The molecule has 0 aromatic heterocycles. The van der Waals surface area contributed by atoms with Crippen molar-refractivity contribution in [2.24, 2.45) is 29.1 Å². The maximum absolute atomic E-state index is 14.5. The number of aliphatic hydroxyl groups is 3. The molecule has 334 valence electrons. The van der Waals surface area contributed by atoms with Gasteiger partial charge in [-0.2, -0.15) is 0 Å². The van der Waals surface area contributed by atoms with Crippen molar-refractivity contribution in [1.29, 1.82) is 0 Å². The molecule has 3 fully saturated rings. The first kappa shape index (κ1) is 48.9. The van der Waals surface area contributed by atoms with Crippen molar-refractivity contribution >= 4 is 23.4 Å². The quantitative estimate of drug-likeness (QED) is 0.161. The molecule has 0 spiro atoms. The highest BCUT2D eigenvalue weighted by atomic mass is 16.7. The minimum atomic E-state index is -2.51. The molecule has 4 rings (SSSR count). The standard InChI is InChI=1S/C46H73NO12/c1-11-17-45(18-16-34(48)39(26-45)57-10)25-29(5)40-31(7)35(49)24-36(50)32(12-2)21-27(3)20-28(4)22-37(55-8)41-38(56-9)23-30(6)46(54,59-41)42(51)43(52)47-19-14-13-15-33(47)44(53)58-40/h11,21,25,28,30-35,37-41,48-49,54H,1,12-20,22-24,26H2,2-10H3/b27-21+,29-25?/t28?,30?,31?,32?,33?,34-,35?,37?,38?,39?,40?,41?,45?,46?/m0/s1. The molecule has 13 heteroatoms. The Hall–Kier alpha value is -2.78. The van der Waals surface area contributed by atoms with E-state index in [9.17, 15) is 34.5 Å². The van der Waals surface area contributed by atoms with Crippen LogP contribution in [0.2, 0.25) is 0 Å². The number of aliphatic hydroxyl groups excluding tert-OH is 2. The van der Waals surface area contributed by atoms with E-state index in [1.165, 1.54) is 19.1 Å². The van der Waals surface area contributed by atoms with Crippen molar-refractivity contribution in [3.63, 3.8) is 0 Å². The van der Waals surface area contributed by atoms with Gasteiger partial charge in [0, 0.05) is 52.0 Å². The number of ether oxygens (including phenoxy) is 5. The predicted octanol–water partition coefficient (Wildman–Crippen LogP) is 5.42. The highest BCUT2D eigenvalue weighted by Gasteiger charge is 2.56. The molecular weight excluding hydrogens is 759 g/mol. The molecule has 0 radical (unpaired) electrons. The lowest BCUT2D eigenvalue weighted by Gasteiger charge is -2.47. The van der Waals surface area contributed by atoms with E-state index in [2.05, 4.69) is 13.5 Å². The number of carbonyl (C=O) groups excluding carboxylic acids is 4. The largest absolute Gasteiger partial charge is 0.456 e. The fourth-order valence-corrected chi connectivity index (χ4v) is 10.1. The van der Waals surface area contributed by atoms with Gasteiger partial charge in [0.2, 0.25) is 5.79 Å². The molecule has 1 aliphatic carbocycles. The summed E-state index contributed by atoms with van der Waals surface area (Å²) in [5.41, 5.74) is 1.12. The summed E-state index contributed by atoms with van der Waals surface area (Å²) in [7, 11) is 4.63. The Bertz CT molecular complexity index is 1540. The molecular formula is C46H73NO12. The van der Waals surface area contributed by atoms with Gasteiger partial charge in [-0.3, -0.25) is 14.4 Å². The number of nitrogens with zero attached hydrogens (tertiary/aromatic N) is 1. The lowest BCUT2D eigenvalue weighted by molar-refractivity contribution is -0.302. The second-order valence-corrected chi connectivity index (χ2v) is 18.2. The van der Waals surface area contributed by atoms with E-state index in [1.807, 2.05) is 39.0 Å². The van der Waals surface area contributed by atoms with Crippen LogP contribution in [0.5, 0.6) is 0 Å². The van der Waals surface area contributed by atoms with Crippen molar-refractivity contribution in [3.05, 3.63) is 36.0 Å². The Morgan fingerprint density at radius 1 is 0.966 bits per heavy atom. The predicted molar refractivity (Wildman–Crippen MR) is 222 cm³/mol. The third-order valence-electron chi connectivity index (χ3n) is 13.7. The molecule has 14 atom stereocenters. The number of allylic oxidation sites excluding steroid dienone is 4. The highest BCUT2D eigenvalue weighted by Crippen LogP contribution is 2.44. The summed E-state index contributed by atoms with van der Waals surface area (Å²) in [4.78, 5) is 58.2. The zero-order valence-corrected chi connectivity index (χ0v) is 37.0.